The van der Waals surface area contributed by atoms with Crippen LogP contribution in [0.1, 0.15) is 11.1 Å². The van der Waals surface area contributed by atoms with E-state index in [4.69, 9.17) is 5.26 Å². The number of nitro groups is 2. The maximum Gasteiger partial charge on any atom is 0.315 e. The first-order chi connectivity index (χ1) is 21.2. The van der Waals surface area contributed by atoms with Crippen LogP contribution < -0.4 is 16.0 Å². The summed E-state index contributed by atoms with van der Waals surface area (Å²) in [5.74, 6) is -2.19. The molecule has 18 nitrogen and oxygen atoms in total. The smallest absolute Gasteiger partial charge is 0.315 e. The Kier molecular flexibility index (Phi) is 9.65. The number of aromatic nitrogens is 3. The highest BCUT2D eigenvalue weighted by Crippen LogP contribution is 2.36. The second-order valence-electron chi connectivity index (χ2n) is 8.81. The molecule has 4 rings (SSSR count). The van der Waals surface area contributed by atoms with Gasteiger partial charge in [0.2, 0.25) is 17.7 Å². The van der Waals surface area contributed by atoms with Crippen LogP contribution in [0.5, 0.6) is 0 Å². The molecule has 0 atom stereocenters. The lowest BCUT2D eigenvalue weighted by Crippen LogP contribution is -2.09. The number of aryl methyl sites for hydroxylation is 2. The zero-order chi connectivity index (χ0) is 33.1. The molecule has 1 heterocycles. The Hall–Kier alpha value is -5.13. The number of hydrogen-bond donors (Lipinski definition) is 5. The molecule has 0 aliphatic carbocycles. The molecule has 5 N–H and O–H groups in total. The van der Waals surface area contributed by atoms with Crippen molar-refractivity contribution in [1.82, 2.24) is 15.0 Å². The second-order valence-corrected chi connectivity index (χ2v) is 10.9. The highest BCUT2D eigenvalue weighted by atomic mass is 32.2. The van der Waals surface area contributed by atoms with Gasteiger partial charge in [-0.25, -0.2) is 5.26 Å². The molecular weight excluding hydrogens is 650 g/mol. The summed E-state index contributed by atoms with van der Waals surface area (Å²) in [7, 11) is -4.86. The van der Waals surface area contributed by atoms with Gasteiger partial charge in [0, 0.05) is 22.3 Å². The summed E-state index contributed by atoms with van der Waals surface area (Å²) in [5.41, 5.74) is -1.23. The molecule has 0 unspecified atom stereocenters. The van der Waals surface area contributed by atoms with Gasteiger partial charge in [0.05, 0.1) is 33.6 Å². The van der Waals surface area contributed by atoms with Crippen LogP contribution in [0.15, 0.2) is 52.3 Å². The second kappa shape index (κ2) is 13.2. The summed E-state index contributed by atoms with van der Waals surface area (Å²) in [4.78, 5) is 31.0. The summed E-state index contributed by atoms with van der Waals surface area (Å²) in [5, 5.41) is 42.2. The van der Waals surface area contributed by atoms with E-state index in [9.17, 15) is 42.0 Å². The summed E-state index contributed by atoms with van der Waals surface area (Å²) < 4.78 is 66.8. The number of hydrogen-bond acceptors (Lipinski definition) is 16. The molecule has 0 radical (unpaired) electrons. The lowest BCUT2D eigenvalue weighted by atomic mass is 10.1. The maximum absolute atomic E-state index is 14.4. The molecule has 0 saturated carbocycles. The summed E-state index contributed by atoms with van der Waals surface area (Å²) >= 11 is 0.435. The van der Waals surface area contributed by atoms with E-state index in [0.717, 1.165) is 6.07 Å². The van der Waals surface area contributed by atoms with Crippen LogP contribution in [-0.4, -0.2) is 43.0 Å². The predicted octanol–water partition coefficient (Wildman–Crippen LogP) is 5.49. The Labute approximate surface area is 254 Å². The first kappa shape index (κ1) is 32.8. The van der Waals surface area contributed by atoms with Crippen LogP contribution in [0.4, 0.5) is 54.8 Å². The van der Waals surface area contributed by atoms with E-state index in [-0.39, 0.29) is 33.6 Å². The molecule has 1 aromatic heterocycles. The number of anilines is 6. The molecule has 45 heavy (non-hydrogen) atoms. The zero-order valence-electron chi connectivity index (χ0n) is 22.5. The van der Waals surface area contributed by atoms with Gasteiger partial charge in [-0.15, -0.1) is 4.33 Å². The van der Waals surface area contributed by atoms with Crippen molar-refractivity contribution in [2.45, 2.75) is 23.6 Å². The zero-order valence-corrected chi connectivity index (χ0v) is 24.1. The third-order valence-corrected chi connectivity index (χ3v) is 7.43. The van der Waals surface area contributed by atoms with Gasteiger partial charge in [-0.3, -0.25) is 24.8 Å². The minimum absolute atomic E-state index is 0.122. The normalized spacial score (nSPS) is 11.2. The van der Waals surface area contributed by atoms with Crippen molar-refractivity contribution in [3.63, 3.8) is 0 Å². The topological polar surface area (TPSA) is 254 Å². The number of benzene rings is 3. The molecule has 0 bridgehead atoms. The van der Waals surface area contributed by atoms with Crippen molar-refractivity contribution >= 4 is 68.2 Å². The monoisotopic (exact) mass is 668 g/mol. The molecular formula is C23H18F2N8O10S2. The fourth-order valence-corrected chi connectivity index (χ4v) is 4.95. The number of rotatable bonds is 12. The van der Waals surface area contributed by atoms with Gasteiger partial charge in [0.15, 0.2) is 0 Å². The van der Waals surface area contributed by atoms with E-state index >= 15 is 0 Å². The van der Waals surface area contributed by atoms with Gasteiger partial charge in [-0.05, 0) is 49.2 Å². The van der Waals surface area contributed by atoms with E-state index in [0.29, 0.717) is 35.3 Å². The van der Waals surface area contributed by atoms with Crippen molar-refractivity contribution < 1.29 is 46.2 Å². The Morgan fingerprint density at radius 1 is 0.844 bits per heavy atom. The predicted molar refractivity (Wildman–Crippen MR) is 152 cm³/mol. The molecule has 4 aromatic rings. The fraction of sp³-hybridized carbons (Fsp3) is 0.0870. The van der Waals surface area contributed by atoms with E-state index in [1.54, 1.807) is 6.92 Å². The Morgan fingerprint density at radius 3 is 2.09 bits per heavy atom. The van der Waals surface area contributed by atoms with E-state index in [2.05, 4.69) is 40.3 Å². The van der Waals surface area contributed by atoms with E-state index in [1.165, 1.54) is 31.2 Å². The molecule has 0 aliphatic rings. The number of nitro benzene ring substituents is 2. The summed E-state index contributed by atoms with van der Waals surface area (Å²) in [6.07, 6.45) is -1.30. The van der Waals surface area contributed by atoms with Gasteiger partial charge in [0.25, 0.3) is 15.8 Å². The maximum atomic E-state index is 14.4. The standard InChI is InChI=1S/C23H18F2N8O10S2/c1-10-3-4-12(26-15-7-13(24)17(32(34)35)8-18(15)33(36)37)6-14(10)27-22-29-21(25)30-23(31-22)28-16-5-11(2)19(44-43-42-38)9-20(16)45(39,40)41/h3-9,26,38H,1-2H3,(H,39,40,41)(H2,27,28,29,30,31). The molecule has 236 valence electrons. The number of nitrogens with zero attached hydrogens (tertiary/aromatic N) is 5. The molecule has 0 amide bonds. The quantitative estimate of drug-likeness (QED) is 0.0411. The molecule has 3 aromatic carbocycles. The van der Waals surface area contributed by atoms with Crippen LogP contribution in [0.25, 0.3) is 0 Å². The molecule has 0 aliphatic heterocycles. The Bertz CT molecular complexity index is 1930. The number of halogens is 2. The largest absolute Gasteiger partial charge is 0.350 e. The Balaban J connectivity index is 1.65. The van der Waals surface area contributed by atoms with Crippen LogP contribution in [0.3, 0.4) is 0 Å². The average Bonchev–Trinajstić information content (AvgIpc) is 2.93. The van der Waals surface area contributed by atoms with E-state index < -0.39 is 54.1 Å². The van der Waals surface area contributed by atoms with Crippen LogP contribution >= 0.6 is 12.0 Å². The van der Waals surface area contributed by atoms with Crippen molar-refractivity contribution in [3.8, 4) is 0 Å². The lowest BCUT2D eigenvalue weighted by Gasteiger charge is -2.14. The average molecular weight is 669 g/mol. The van der Waals surface area contributed by atoms with Crippen molar-refractivity contribution in [1.29, 1.82) is 0 Å². The third kappa shape index (κ3) is 7.88. The van der Waals surface area contributed by atoms with Crippen LogP contribution in [0.2, 0.25) is 0 Å². The molecule has 0 fully saturated rings. The van der Waals surface area contributed by atoms with Gasteiger partial charge in [0.1, 0.15) is 10.6 Å². The van der Waals surface area contributed by atoms with Crippen molar-refractivity contribution in [3.05, 3.63) is 85.7 Å². The first-order valence-electron chi connectivity index (χ1n) is 11.9. The van der Waals surface area contributed by atoms with Crippen molar-refractivity contribution in [2.75, 3.05) is 16.0 Å². The lowest BCUT2D eigenvalue weighted by molar-refractivity contribution is -0.432. The first-order valence-corrected chi connectivity index (χ1v) is 14.1. The SMILES string of the molecule is Cc1ccc(Nc2cc(F)c([N+](=O)[O-])cc2[N+](=O)[O-])cc1Nc1nc(F)nc(Nc2cc(C)c(SOOO)cc2S(=O)(=O)O)n1. The highest BCUT2D eigenvalue weighted by molar-refractivity contribution is 7.94. The van der Waals surface area contributed by atoms with E-state index in [1.807, 2.05) is 0 Å². The molecule has 0 spiro atoms. The summed E-state index contributed by atoms with van der Waals surface area (Å²) in [6, 6.07) is 7.67. The van der Waals surface area contributed by atoms with Gasteiger partial charge < -0.3 is 16.0 Å². The number of nitrogens with one attached hydrogen (secondary N) is 3. The molecule has 0 saturated heterocycles. The molecule has 22 heteroatoms. The van der Waals surface area contributed by atoms with Gasteiger partial charge in [-0.2, -0.15) is 32.2 Å². The van der Waals surface area contributed by atoms with Gasteiger partial charge >= 0.3 is 11.8 Å². The Morgan fingerprint density at radius 2 is 1.49 bits per heavy atom. The third-order valence-electron chi connectivity index (χ3n) is 5.79. The minimum atomic E-state index is -4.86. The van der Waals surface area contributed by atoms with Crippen LogP contribution in [-0.2, 0) is 19.5 Å². The summed E-state index contributed by atoms with van der Waals surface area (Å²) in [6.45, 7) is 3.15. The minimum Gasteiger partial charge on any atom is -0.350 e. The van der Waals surface area contributed by atoms with Gasteiger partial charge in [-0.1, -0.05) is 11.1 Å². The highest BCUT2D eigenvalue weighted by Gasteiger charge is 2.25. The van der Waals surface area contributed by atoms with Crippen molar-refractivity contribution in [2.24, 2.45) is 0 Å². The fourth-order valence-electron chi connectivity index (χ4n) is 3.76. The van der Waals surface area contributed by atoms with Crippen LogP contribution in [0, 0.1) is 46.0 Å².